The van der Waals surface area contributed by atoms with Gasteiger partial charge in [0.05, 0.1) is 11.7 Å². The third kappa shape index (κ3) is 2.23. The van der Waals surface area contributed by atoms with Crippen molar-refractivity contribution in [2.24, 2.45) is 18.9 Å². The van der Waals surface area contributed by atoms with Crippen molar-refractivity contribution in [3.63, 3.8) is 0 Å². The van der Waals surface area contributed by atoms with Gasteiger partial charge in [-0.25, -0.2) is 0 Å². The largest absolute Gasteiger partial charge is 0.311 e. The molecule has 0 bridgehead atoms. The lowest BCUT2D eigenvalue weighted by Gasteiger charge is -2.21. The molecule has 1 aromatic heterocycles. The van der Waals surface area contributed by atoms with Gasteiger partial charge in [0.1, 0.15) is 0 Å². The van der Waals surface area contributed by atoms with Crippen LogP contribution in [0.5, 0.6) is 0 Å². The first kappa shape index (κ1) is 10.7. The van der Waals surface area contributed by atoms with Crippen molar-refractivity contribution in [1.29, 1.82) is 0 Å². The van der Waals surface area contributed by atoms with Crippen molar-refractivity contribution in [3.05, 3.63) is 18.0 Å². The smallest absolute Gasteiger partial charge is 0.0796 e. The Morgan fingerprint density at radius 2 is 2.33 bits per heavy atom. The van der Waals surface area contributed by atoms with Gasteiger partial charge >= 0.3 is 0 Å². The van der Waals surface area contributed by atoms with E-state index >= 15 is 0 Å². The van der Waals surface area contributed by atoms with Gasteiger partial charge in [-0.15, -0.1) is 0 Å². The average Bonchev–Trinajstić information content (AvgIpc) is 2.78. The molecule has 3 heteroatoms. The lowest BCUT2D eigenvalue weighted by atomic mass is 9.94. The fourth-order valence-electron chi connectivity index (χ4n) is 2.78. The number of aryl methyl sites for hydroxylation is 1. The third-order valence-corrected chi connectivity index (χ3v) is 3.57. The highest BCUT2D eigenvalue weighted by molar-refractivity contribution is 5.07. The second-order valence-corrected chi connectivity index (χ2v) is 4.86. The third-order valence-electron chi connectivity index (χ3n) is 3.57. The number of aromatic nitrogens is 2. The molecule has 0 radical (unpaired) electrons. The average molecular weight is 207 g/mol. The van der Waals surface area contributed by atoms with Crippen LogP contribution in [0.15, 0.2) is 12.3 Å². The zero-order valence-corrected chi connectivity index (χ0v) is 9.90. The molecule has 1 aliphatic carbocycles. The van der Waals surface area contributed by atoms with E-state index in [1.54, 1.807) is 0 Å². The van der Waals surface area contributed by atoms with Crippen molar-refractivity contribution in [1.82, 2.24) is 15.1 Å². The fraction of sp³-hybridized carbons (Fsp3) is 0.750. The van der Waals surface area contributed by atoms with Crippen LogP contribution in [0.4, 0.5) is 0 Å². The van der Waals surface area contributed by atoms with Crippen LogP contribution in [0.2, 0.25) is 0 Å². The molecule has 3 atom stereocenters. The molecule has 1 N–H and O–H groups in total. The van der Waals surface area contributed by atoms with E-state index in [-0.39, 0.29) is 0 Å². The monoisotopic (exact) mass is 207 g/mol. The summed E-state index contributed by atoms with van der Waals surface area (Å²) in [7, 11) is 4.02. The van der Waals surface area contributed by atoms with E-state index in [2.05, 4.69) is 23.4 Å². The molecule has 0 amide bonds. The van der Waals surface area contributed by atoms with E-state index in [1.165, 1.54) is 25.0 Å². The number of nitrogens with zero attached hydrogens (tertiary/aromatic N) is 2. The molecule has 1 aromatic rings. The molecule has 1 saturated carbocycles. The maximum Gasteiger partial charge on any atom is 0.0796 e. The molecular weight excluding hydrogens is 186 g/mol. The summed E-state index contributed by atoms with van der Waals surface area (Å²) >= 11 is 0. The first-order chi connectivity index (χ1) is 7.20. The van der Waals surface area contributed by atoms with Gasteiger partial charge in [-0.3, -0.25) is 4.68 Å². The summed E-state index contributed by atoms with van der Waals surface area (Å²) in [5.74, 6) is 1.65. The molecule has 0 spiro atoms. The van der Waals surface area contributed by atoms with Crippen LogP contribution in [0.1, 0.15) is 37.9 Å². The van der Waals surface area contributed by atoms with Gasteiger partial charge in [-0.1, -0.05) is 13.3 Å². The summed E-state index contributed by atoms with van der Waals surface area (Å²) in [5.41, 5.74) is 1.19. The Morgan fingerprint density at radius 1 is 1.53 bits per heavy atom. The highest BCUT2D eigenvalue weighted by Crippen LogP contribution is 2.38. The highest BCUT2D eigenvalue weighted by atomic mass is 15.3. The van der Waals surface area contributed by atoms with E-state index in [0.29, 0.717) is 6.04 Å². The summed E-state index contributed by atoms with van der Waals surface area (Å²) in [5, 5.41) is 7.92. The van der Waals surface area contributed by atoms with Gasteiger partial charge in [-0.05, 0) is 37.8 Å². The lowest BCUT2D eigenvalue weighted by molar-refractivity contribution is 0.370. The highest BCUT2D eigenvalue weighted by Gasteiger charge is 2.29. The zero-order chi connectivity index (χ0) is 10.8. The summed E-state index contributed by atoms with van der Waals surface area (Å²) in [6.45, 7) is 2.35. The molecule has 0 aromatic carbocycles. The van der Waals surface area contributed by atoms with Gasteiger partial charge in [-0.2, -0.15) is 5.10 Å². The van der Waals surface area contributed by atoms with Crippen LogP contribution in [0, 0.1) is 11.8 Å². The minimum Gasteiger partial charge on any atom is -0.311 e. The van der Waals surface area contributed by atoms with Gasteiger partial charge < -0.3 is 5.32 Å². The molecular formula is C12H21N3. The molecule has 0 saturated heterocycles. The van der Waals surface area contributed by atoms with E-state index in [4.69, 9.17) is 0 Å². The molecule has 1 heterocycles. The van der Waals surface area contributed by atoms with Crippen molar-refractivity contribution in [2.75, 3.05) is 7.05 Å². The van der Waals surface area contributed by atoms with E-state index < -0.39 is 0 Å². The van der Waals surface area contributed by atoms with Crippen molar-refractivity contribution in [3.8, 4) is 0 Å². The maximum absolute atomic E-state index is 4.51. The van der Waals surface area contributed by atoms with Crippen LogP contribution >= 0.6 is 0 Å². The Kier molecular flexibility index (Phi) is 3.10. The molecule has 1 aliphatic rings. The van der Waals surface area contributed by atoms with Crippen LogP contribution in [-0.4, -0.2) is 16.8 Å². The summed E-state index contributed by atoms with van der Waals surface area (Å²) in [4.78, 5) is 0. The molecule has 15 heavy (non-hydrogen) atoms. The molecule has 84 valence electrons. The molecule has 0 aliphatic heterocycles. The molecule has 3 unspecified atom stereocenters. The van der Waals surface area contributed by atoms with Crippen LogP contribution in [0.3, 0.4) is 0 Å². The zero-order valence-electron chi connectivity index (χ0n) is 9.90. The predicted octanol–water partition coefficient (Wildman–Crippen LogP) is 2.12. The van der Waals surface area contributed by atoms with E-state index in [9.17, 15) is 0 Å². The molecule has 2 rings (SSSR count). The van der Waals surface area contributed by atoms with Crippen molar-refractivity contribution in [2.45, 2.75) is 32.2 Å². The second-order valence-electron chi connectivity index (χ2n) is 4.86. The Morgan fingerprint density at radius 3 is 2.80 bits per heavy atom. The Balaban J connectivity index is 2.10. The van der Waals surface area contributed by atoms with Crippen LogP contribution in [-0.2, 0) is 7.05 Å². The SMILES string of the molecule is CNC(c1ccn(C)n1)C1CCC(C)C1. The number of hydrogen-bond donors (Lipinski definition) is 1. The molecule has 1 fully saturated rings. The lowest BCUT2D eigenvalue weighted by Crippen LogP contribution is -2.24. The maximum atomic E-state index is 4.51. The van der Waals surface area contributed by atoms with Gasteiger partial charge in [0, 0.05) is 13.2 Å². The second kappa shape index (κ2) is 4.35. The predicted molar refractivity (Wildman–Crippen MR) is 61.5 cm³/mol. The Hall–Kier alpha value is -0.830. The molecule has 3 nitrogen and oxygen atoms in total. The number of rotatable bonds is 3. The normalized spacial score (nSPS) is 28.2. The van der Waals surface area contributed by atoms with Crippen LogP contribution in [0.25, 0.3) is 0 Å². The number of nitrogens with one attached hydrogen (secondary N) is 1. The van der Waals surface area contributed by atoms with Gasteiger partial charge in [0.25, 0.3) is 0 Å². The summed E-state index contributed by atoms with van der Waals surface area (Å²) in [6, 6.07) is 2.57. The van der Waals surface area contributed by atoms with E-state index in [0.717, 1.165) is 11.8 Å². The van der Waals surface area contributed by atoms with Crippen molar-refractivity contribution < 1.29 is 0 Å². The van der Waals surface area contributed by atoms with Gasteiger partial charge in [0.15, 0.2) is 0 Å². The van der Waals surface area contributed by atoms with Gasteiger partial charge in [0.2, 0.25) is 0 Å². The first-order valence-electron chi connectivity index (χ1n) is 5.87. The summed E-state index contributed by atoms with van der Waals surface area (Å²) in [6.07, 6.45) is 6.07. The van der Waals surface area contributed by atoms with Crippen LogP contribution < -0.4 is 5.32 Å². The Bertz CT molecular complexity index is 318. The summed E-state index contributed by atoms with van der Waals surface area (Å²) < 4.78 is 1.89. The minimum absolute atomic E-state index is 0.441. The fourth-order valence-corrected chi connectivity index (χ4v) is 2.78. The number of hydrogen-bond acceptors (Lipinski definition) is 2. The quantitative estimate of drug-likeness (QED) is 0.822. The first-order valence-corrected chi connectivity index (χ1v) is 5.87. The Labute approximate surface area is 91.9 Å². The van der Waals surface area contributed by atoms with Crippen molar-refractivity contribution >= 4 is 0 Å². The minimum atomic E-state index is 0.441. The topological polar surface area (TPSA) is 29.9 Å². The standard InChI is InChI=1S/C12H21N3/c1-9-4-5-10(8-9)12(13-2)11-6-7-15(3)14-11/h6-7,9-10,12-13H,4-5,8H2,1-3H3. The van der Waals surface area contributed by atoms with E-state index in [1.807, 2.05) is 25.0 Å².